The molecule has 5 heteroatoms. The van der Waals surface area contributed by atoms with Gasteiger partial charge in [-0.3, -0.25) is 9.59 Å². The van der Waals surface area contributed by atoms with E-state index in [0.717, 1.165) is 19.3 Å². The molecule has 1 aliphatic carbocycles. The van der Waals surface area contributed by atoms with Crippen molar-refractivity contribution in [1.82, 2.24) is 5.32 Å². The highest BCUT2D eigenvalue weighted by Crippen LogP contribution is 2.29. The Morgan fingerprint density at radius 2 is 2.17 bits per heavy atom. The Bertz CT molecular complexity index is 413. The third kappa shape index (κ3) is 2.91. The van der Waals surface area contributed by atoms with E-state index in [1.807, 2.05) is 0 Å². The minimum Gasteiger partial charge on any atom is -0.481 e. The van der Waals surface area contributed by atoms with E-state index in [9.17, 15) is 9.59 Å². The lowest BCUT2D eigenvalue weighted by Crippen LogP contribution is -2.37. The minimum atomic E-state index is -0.753. The maximum Gasteiger partial charge on any atom is 0.306 e. The fraction of sp³-hybridized carbons (Fsp3) is 0.538. The van der Waals surface area contributed by atoms with Crippen LogP contribution in [-0.2, 0) is 4.79 Å². The molecule has 0 spiro atoms. The zero-order valence-electron chi connectivity index (χ0n) is 10.1. The van der Waals surface area contributed by atoms with Crippen molar-refractivity contribution < 1.29 is 19.1 Å². The third-order valence-electron chi connectivity index (χ3n) is 3.53. The predicted octanol–water partition coefficient (Wildman–Crippen LogP) is 1.90. The number of carbonyl (C=O) groups is 2. The molecule has 2 unspecified atom stereocenters. The average Bonchev–Trinajstić information content (AvgIpc) is 2.90. The highest BCUT2D eigenvalue weighted by atomic mass is 16.4. The first-order valence-corrected chi connectivity index (χ1v) is 6.21. The van der Waals surface area contributed by atoms with Crippen molar-refractivity contribution in [3.63, 3.8) is 0 Å². The van der Waals surface area contributed by atoms with Crippen LogP contribution in [0.4, 0.5) is 0 Å². The molecule has 1 aromatic heterocycles. The van der Waals surface area contributed by atoms with Crippen LogP contribution in [0.25, 0.3) is 0 Å². The normalized spacial score (nSPS) is 23.6. The monoisotopic (exact) mass is 251 g/mol. The van der Waals surface area contributed by atoms with Crippen molar-refractivity contribution in [2.45, 2.75) is 25.7 Å². The van der Waals surface area contributed by atoms with Crippen LogP contribution in [0.2, 0.25) is 0 Å². The first-order valence-electron chi connectivity index (χ1n) is 6.21. The fourth-order valence-electron chi connectivity index (χ4n) is 2.50. The van der Waals surface area contributed by atoms with Gasteiger partial charge in [-0.25, -0.2) is 0 Å². The maximum atomic E-state index is 11.7. The molecule has 1 saturated carbocycles. The van der Waals surface area contributed by atoms with Crippen molar-refractivity contribution in [1.29, 1.82) is 0 Å². The molecule has 1 heterocycles. The van der Waals surface area contributed by atoms with Crippen molar-refractivity contribution in [3.05, 3.63) is 24.2 Å². The molecule has 1 amide bonds. The summed E-state index contributed by atoms with van der Waals surface area (Å²) in [5, 5.41) is 11.9. The van der Waals surface area contributed by atoms with E-state index >= 15 is 0 Å². The lowest BCUT2D eigenvalue weighted by Gasteiger charge is -2.28. The summed E-state index contributed by atoms with van der Waals surface area (Å²) in [5.74, 6) is -1.26. The Morgan fingerprint density at radius 1 is 1.39 bits per heavy atom. The van der Waals surface area contributed by atoms with E-state index < -0.39 is 5.97 Å². The fourth-order valence-corrected chi connectivity index (χ4v) is 2.50. The summed E-state index contributed by atoms with van der Waals surface area (Å²) in [6.07, 6.45) is 6.39. The number of carboxylic acid groups (broad SMARTS) is 1. The number of amides is 1. The second-order valence-electron chi connectivity index (χ2n) is 4.71. The van der Waals surface area contributed by atoms with Crippen LogP contribution in [-0.4, -0.2) is 23.5 Å². The van der Waals surface area contributed by atoms with E-state index in [1.54, 1.807) is 6.07 Å². The molecular formula is C13H17NO4. The summed E-state index contributed by atoms with van der Waals surface area (Å²) >= 11 is 0. The van der Waals surface area contributed by atoms with Gasteiger partial charge in [0.1, 0.15) is 6.26 Å². The summed E-state index contributed by atoms with van der Waals surface area (Å²) in [4.78, 5) is 22.8. The van der Waals surface area contributed by atoms with Gasteiger partial charge < -0.3 is 14.8 Å². The molecule has 1 aromatic rings. The summed E-state index contributed by atoms with van der Waals surface area (Å²) in [6.45, 7) is 0.418. The van der Waals surface area contributed by atoms with Gasteiger partial charge in [-0.15, -0.1) is 0 Å². The van der Waals surface area contributed by atoms with E-state index in [-0.39, 0.29) is 17.7 Å². The Hall–Kier alpha value is -1.78. The Morgan fingerprint density at radius 3 is 2.83 bits per heavy atom. The summed E-state index contributed by atoms with van der Waals surface area (Å²) in [6, 6.07) is 1.59. The molecule has 5 nitrogen and oxygen atoms in total. The number of hydrogen-bond acceptors (Lipinski definition) is 3. The summed E-state index contributed by atoms with van der Waals surface area (Å²) < 4.78 is 4.83. The SMILES string of the molecule is O=C(NCC1CCCCC1C(=O)O)c1ccoc1. The maximum absolute atomic E-state index is 11.7. The molecule has 98 valence electrons. The molecule has 2 rings (SSSR count). The van der Waals surface area contributed by atoms with Gasteiger partial charge in [-0.1, -0.05) is 12.8 Å². The predicted molar refractivity (Wildman–Crippen MR) is 64.1 cm³/mol. The highest BCUT2D eigenvalue weighted by molar-refractivity contribution is 5.93. The van der Waals surface area contributed by atoms with Gasteiger partial charge in [0.25, 0.3) is 5.91 Å². The van der Waals surface area contributed by atoms with Crippen LogP contribution < -0.4 is 5.32 Å². The van der Waals surface area contributed by atoms with Gasteiger partial charge in [0.2, 0.25) is 0 Å². The Balaban J connectivity index is 1.88. The number of rotatable bonds is 4. The smallest absolute Gasteiger partial charge is 0.306 e. The van der Waals surface area contributed by atoms with Gasteiger partial charge in [0, 0.05) is 6.54 Å². The highest BCUT2D eigenvalue weighted by Gasteiger charge is 2.30. The number of carbonyl (C=O) groups excluding carboxylic acids is 1. The summed E-state index contributed by atoms with van der Waals surface area (Å²) in [5.41, 5.74) is 0.470. The van der Waals surface area contributed by atoms with Crippen molar-refractivity contribution in [3.8, 4) is 0 Å². The zero-order chi connectivity index (χ0) is 13.0. The molecule has 0 saturated heterocycles. The van der Waals surface area contributed by atoms with Crippen LogP contribution in [0.1, 0.15) is 36.0 Å². The number of hydrogen-bond donors (Lipinski definition) is 2. The van der Waals surface area contributed by atoms with Crippen molar-refractivity contribution in [2.75, 3.05) is 6.54 Å². The Labute approximate surface area is 105 Å². The first kappa shape index (κ1) is 12.7. The van der Waals surface area contributed by atoms with Crippen LogP contribution >= 0.6 is 0 Å². The standard InChI is InChI=1S/C13H17NO4/c15-12(10-5-6-18-8-10)14-7-9-3-1-2-4-11(9)13(16)17/h5-6,8-9,11H,1-4,7H2,(H,14,15)(H,16,17). The van der Waals surface area contributed by atoms with E-state index in [4.69, 9.17) is 9.52 Å². The molecule has 1 aliphatic rings. The lowest BCUT2D eigenvalue weighted by atomic mass is 9.79. The molecule has 1 fully saturated rings. The number of nitrogens with one attached hydrogen (secondary N) is 1. The molecule has 2 atom stereocenters. The molecule has 0 bridgehead atoms. The van der Waals surface area contributed by atoms with Gasteiger partial charge in [0.15, 0.2) is 0 Å². The van der Waals surface area contributed by atoms with E-state index in [1.165, 1.54) is 12.5 Å². The van der Waals surface area contributed by atoms with Gasteiger partial charge in [-0.2, -0.15) is 0 Å². The lowest BCUT2D eigenvalue weighted by molar-refractivity contribution is -0.144. The molecule has 18 heavy (non-hydrogen) atoms. The van der Waals surface area contributed by atoms with Crippen molar-refractivity contribution in [2.24, 2.45) is 11.8 Å². The number of carboxylic acids is 1. The molecule has 0 aliphatic heterocycles. The molecular weight excluding hydrogens is 234 g/mol. The van der Waals surface area contributed by atoms with Crippen LogP contribution in [0.15, 0.2) is 23.0 Å². The van der Waals surface area contributed by atoms with E-state index in [2.05, 4.69) is 5.32 Å². The summed E-state index contributed by atoms with van der Waals surface area (Å²) in [7, 11) is 0. The quantitative estimate of drug-likeness (QED) is 0.856. The topological polar surface area (TPSA) is 79.5 Å². The second kappa shape index (κ2) is 5.71. The van der Waals surface area contributed by atoms with Crippen LogP contribution in [0, 0.1) is 11.8 Å². The Kier molecular flexibility index (Phi) is 4.02. The average molecular weight is 251 g/mol. The molecule has 0 radical (unpaired) electrons. The van der Waals surface area contributed by atoms with Gasteiger partial charge in [-0.05, 0) is 24.8 Å². The number of aliphatic carboxylic acids is 1. The van der Waals surface area contributed by atoms with Gasteiger partial charge >= 0.3 is 5.97 Å². The number of furan rings is 1. The molecule has 2 N–H and O–H groups in total. The second-order valence-corrected chi connectivity index (χ2v) is 4.71. The van der Waals surface area contributed by atoms with E-state index in [0.29, 0.717) is 18.5 Å². The van der Waals surface area contributed by atoms with Gasteiger partial charge in [0.05, 0.1) is 17.7 Å². The minimum absolute atomic E-state index is 0.0344. The first-order chi connectivity index (χ1) is 8.68. The van der Waals surface area contributed by atoms with Crippen LogP contribution in [0.3, 0.4) is 0 Å². The van der Waals surface area contributed by atoms with Crippen molar-refractivity contribution >= 4 is 11.9 Å². The third-order valence-corrected chi connectivity index (χ3v) is 3.53. The largest absolute Gasteiger partial charge is 0.481 e. The van der Waals surface area contributed by atoms with Crippen LogP contribution in [0.5, 0.6) is 0 Å². The molecule has 0 aromatic carbocycles. The zero-order valence-corrected chi connectivity index (χ0v) is 10.1.